The predicted octanol–water partition coefficient (Wildman–Crippen LogP) is 1.27. The number of carbonyl (C=O) groups is 1. The number of carboxylic acids is 1. The van der Waals surface area contributed by atoms with E-state index >= 15 is 4.39 Å². The lowest BCUT2D eigenvalue weighted by Gasteiger charge is -2.19. The summed E-state index contributed by atoms with van der Waals surface area (Å²) in [6.45, 7) is 2.62. The van der Waals surface area contributed by atoms with Crippen LogP contribution in [0.1, 0.15) is 17.3 Å². The first-order valence-corrected chi connectivity index (χ1v) is 10.4. The summed E-state index contributed by atoms with van der Waals surface area (Å²) in [4.78, 5) is 38.8. The first-order valence-electron chi connectivity index (χ1n) is 10.4. The Morgan fingerprint density at radius 3 is 2.60 bits per heavy atom. The summed E-state index contributed by atoms with van der Waals surface area (Å²) in [5.74, 6) is -6.69. The molecular formula is C21H20F3N7O4. The number of hydrogen-bond acceptors (Lipinski definition) is 9. The summed E-state index contributed by atoms with van der Waals surface area (Å²) in [5.41, 5.74) is 9.68. The molecular weight excluding hydrogens is 471 g/mol. The standard InChI is InChI=1S/C21H20F3N7O4/c1-2-35-29-15-8-30(6-9(15)5-25)19-13(23)3-10-16(32)11(21(33)34)7-31(18(10)28-19)20-14(24)4-12(22)17(26)27-20/h3-4,7,9H,2,5-6,8,25H2,1H3,(H2,26,27)(H,33,34)/b29-15+. The molecule has 3 aromatic heterocycles. The van der Waals surface area contributed by atoms with Gasteiger partial charge in [0.1, 0.15) is 12.2 Å². The molecule has 1 aliphatic rings. The second-order valence-electron chi connectivity index (χ2n) is 7.69. The van der Waals surface area contributed by atoms with Crippen LogP contribution in [-0.4, -0.2) is 57.6 Å². The van der Waals surface area contributed by atoms with Gasteiger partial charge in [-0.1, -0.05) is 5.16 Å². The Balaban J connectivity index is 1.96. The van der Waals surface area contributed by atoms with Gasteiger partial charge in [-0.2, -0.15) is 0 Å². The molecule has 1 atom stereocenters. The van der Waals surface area contributed by atoms with Crippen LogP contribution in [0.25, 0.3) is 16.9 Å². The molecule has 1 saturated heterocycles. The van der Waals surface area contributed by atoms with Gasteiger partial charge < -0.3 is 26.3 Å². The highest BCUT2D eigenvalue weighted by molar-refractivity contribution is 5.95. The number of aromatic nitrogens is 3. The molecule has 1 fully saturated rings. The number of aromatic carboxylic acids is 1. The van der Waals surface area contributed by atoms with Crippen LogP contribution in [0.2, 0.25) is 0 Å². The molecule has 1 unspecified atom stereocenters. The second kappa shape index (κ2) is 9.21. The van der Waals surface area contributed by atoms with Crippen molar-refractivity contribution in [2.75, 3.05) is 36.9 Å². The van der Waals surface area contributed by atoms with Crippen molar-refractivity contribution >= 4 is 34.4 Å². The average Bonchev–Trinajstić information content (AvgIpc) is 3.23. The van der Waals surface area contributed by atoms with E-state index < -0.39 is 51.4 Å². The van der Waals surface area contributed by atoms with Gasteiger partial charge in [0.15, 0.2) is 40.6 Å². The summed E-state index contributed by atoms with van der Waals surface area (Å²) in [7, 11) is 0. The molecule has 0 spiro atoms. The molecule has 0 bridgehead atoms. The van der Waals surface area contributed by atoms with Gasteiger partial charge in [0.05, 0.1) is 17.6 Å². The molecule has 0 radical (unpaired) electrons. The molecule has 11 nitrogen and oxygen atoms in total. The summed E-state index contributed by atoms with van der Waals surface area (Å²) in [6, 6.07) is 1.26. The highest BCUT2D eigenvalue weighted by Crippen LogP contribution is 2.28. The van der Waals surface area contributed by atoms with Crippen molar-refractivity contribution in [3.8, 4) is 5.82 Å². The number of halogens is 3. The van der Waals surface area contributed by atoms with Crippen LogP contribution in [0.4, 0.5) is 24.8 Å². The summed E-state index contributed by atoms with van der Waals surface area (Å²) in [5, 5.41) is 13.0. The SMILES string of the molecule is CCO/N=C1\CN(c2nc3c(cc2F)c(=O)c(C(=O)O)cn3-c2nc(N)c(F)cc2F)CC1CN. The summed E-state index contributed by atoms with van der Waals surface area (Å²) in [6.07, 6.45) is 0.777. The number of nitrogens with two attached hydrogens (primary N) is 2. The van der Waals surface area contributed by atoms with Gasteiger partial charge in [0.2, 0.25) is 5.43 Å². The van der Waals surface area contributed by atoms with E-state index in [0.29, 0.717) is 18.4 Å². The smallest absolute Gasteiger partial charge is 0.341 e. The van der Waals surface area contributed by atoms with Crippen LogP contribution in [-0.2, 0) is 4.84 Å². The quantitative estimate of drug-likeness (QED) is 0.431. The molecule has 4 heterocycles. The fourth-order valence-corrected chi connectivity index (χ4v) is 3.77. The van der Waals surface area contributed by atoms with Crippen LogP contribution < -0.4 is 21.8 Å². The van der Waals surface area contributed by atoms with Crippen LogP contribution in [0, 0.1) is 23.4 Å². The Kier molecular flexibility index (Phi) is 6.30. The van der Waals surface area contributed by atoms with Crippen LogP contribution in [0.3, 0.4) is 0 Å². The van der Waals surface area contributed by atoms with E-state index in [0.717, 1.165) is 16.8 Å². The van der Waals surface area contributed by atoms with Crippen molar-refractivity contribution in [2.45, 2.75) is 6.92 Å². The van der Waals surface area contributed by atoms with Gasteiger partial charge in [-0.05, 0) is 13.0 Å². The van der Waals surface area contributed by atoms with E-state index in [1.165, 1.54) is 4.90 Å². The third-order valence-electron chi connectivity index (χ3n) is 5.47. The van der Waals surface area contributed by atoms with E-state index in [-0.39, 0.29) is 37.0 Å². The Labute approximate surface area is 195 Å². The lowest BCUT2D eigenvalue weighted by molar-refractivity contribution is 0.0695. The van der Waals surface area contributed by atoms with Crippen LogP contribution in [0.15, 0.2) is 28.3 Å². The Bertz CT molecular complexity index is 1430. The molecule has 3 aromatic rings. The topological polar surface area (TPSA) is 162 Å². The maximum atomic E-state index is 15.2. The van der Waals surface area contributed by atoms with Crippen molar-refractivity contribution in [1.29, 1.82) is 0 Å². The zero-order valence-electron chi connectivity index (χ0n) is 18.3. The molecule has 0 aromatic carbocycles. The zero-order valence-corrected chi connectivity index (χ0v) is 18.3. The molecule has 4 rings (SSSR count). The van der Waals surface area contributed by atoms with Crippen LogP contribution in [0.5, 0.6) is 0 Å². The number of nitrogens with zero attached hydrogens (tertiary/aromatic N) is 5. The number of carboxylic acid groups (broad SMARTS) is 1. The third kappa shape index (κ3) is 4.23. The number of hydrogen-bond donors (Lipinski definition) is 3. The monoisotopic (exact) mass is 491 g/mol. The number of pyridine rings is 3. The van der Waals surface area contributed by atoms with E-state index in [2.05, 4.69) is 15.1 Å². The Morgan fingerprint density at radius 2 is 1.94 bits per heavy atom. The molecule has 14 heteroatoms. The highest BCUT2D eigenvalue weighted by atomic mass is 19.1. The fraction of sp³-hybridized carbons (Fsp3) is 0.286. The van der Waals surface area contributed by atoms with Gasteiger partial charge >= 0.3 is 5.97 Å². The zero-order chi connectivity index (χ0) is 25.4. The molecule has 0 aliphatic carbocycles. The maximum Gasteiger partial charge on any atom is 0.341 e. The van der Waals surface area contributed by atoms with E-state index in [4.69, 9.17) is 16.3 Å². The summed E-state index contributed by atoms with van der Waals surface area (Å²) < 4.78 is 44.3. The van der Waals surface area contributed by atoms with Gasteiger partial charge in [-0.15, -0.1) is 0 Å². The molecule has 1 aliphatic heterocycles. The number of nitrogen functional groups attached to an aromatic ring is 1. The van der Waals surface area contributed by atoms with Crippen molar-refractivity contribution in [1.82, 2.24) is 14.5 Å². The molecule has 184 valence electrons. The maximum absolute atomic E-state index is 15.2. The number of oxime groups is 1. The number of rotatable bonds is 6. The van der Waals surface area contributed by atoms with Crippen molar-refractivity contribution < 1.29 is 27.9 Å². The van der Waals surface area contributed by atoms with Crippen molar-refractivity contribution in [3.05, 3.63) is 51.6 Å². The molecule has 35 heavy (non-hydrogen) atoms. The summed E-state index contributed by atoms with van der Waals surface area (Å²) >= 11 is 0. The van der Waals surface area contributed by atoms with E-state index in [1.54, 1.807) is 6.92 Å². The van der Waals surface area contributed by atoms with Crippen LogP contribution >= 0.6 is 0 Å². The Morgan fingerprint density at radius 1 is 1.23 bits per heavy atom. The van der Waals surface area contributed by atoms with E-state index in [1.807, 2.05) is 0 Å². The normalized spacial score (nSPS) is 16.9. The fourth-order valence-electron chi connectivity index (χ4n) is 3.77. The molecule has 0 amide bonds. The third-order valence-corrected chi connectivity index (χ3v) is 5.47. The first kappa shape index (κ1) is 23.9. The highest BCUT2D eigenvalue weighted by Gasteiger charge is 2.32. The van der Waals surface area contributed by atoms with Crippen molar-refractivity contribution in [3.63, 3.8) is 0 Å². The largest absolute Gasteiger partial charge is 0.477 e. The minimum atomic E-state index is -1.65. The van der Waals surface area contributed by atoms with E-state index in [9.17, 15) is 23.5 Å². The molecule has 5 N–H and O–H groups in total. The average molecular weight is 491 g/mol. The lowest BCUT2D eigenvalue weighted by atomic mass is 10.1. The van der Waals surface area contributed by atoms with Gasteiger partial charge in [-0.25, -0.2) is 27.9 Å². The number of anilines is 2. The first-order chi connectivity index (χ1) is 16.7. The Hall–Kier alpha value is -4.20. The van der Waals surface area contributed by atoms with Gasteiger partial charge in [-0.3, -0.25) is 9.36 Å². The lowest BCUT2D eigenvalue weighted by Crippen LogP contribution is -2.26. The second-order valence-corrected chi connectivity index (χ2v) is 7.69. The number of fused-ring (bicyclic) bond motifs is 1. The minimum absolute atomic E-state index is 0.116. The van der Waals surface area contributed by atoms with Crippen molar-refractivity contribution in [2.24, 2.45) is 16.8 Å². The van der Waals surface area contributed by atoms with Gasteiger partial charge in [0, 0.05) is 31.3 Å². The molecule has 0 saturated carbocycles. The minimum Gasteiger partial charge on any atom is -0.477 e. The van der Waals surface area contributed by atoms with Gasteiger partial charge in [0.25, 0.3) is 0 Å². The predicted molar refractivity (Wildman–Crippen MR) is 120 cm³/mol.